The Balaban J connectivity index is 1.63. The summed E-state index contributed by atoms with van der Waals surface area (Å²) in [4.78, 5) is 9.40. The van der Waals surface area contributed by atoms with Crippen LogP contribution in [0, 0.1) is 28.6 Å². The molecule has 0 saturated heterocycles. The van der Waals surface area contributed by atoms with Crippen LogP contribution in [0.15, 0.2) is 42.7 Å². The molecule has 0 atom stereocenters. The number of aliphatic hydroxyl groups excluding tert-OH is 1. The van der Waals surface area contributed by atoms with Gasteiger partial charge in [0.1, 0.15) is 11.4 Å². The summed E-state index contributed by atoms with van der Waals surface area (Å²) < 4.78 is 3.51. The highest BCUT2D eigenvalue weighted by molar-refractivity contribution is 5.93. The molecule has 1 aliphatic rings. The Bertz CT molecular complexity index is 1400. The van der Waals surface area contributed by atoms with Crippen LogP contribution < -0.4 is 0 Å². The molecule has 1 N–H and O–H groups in total. The number of aromatic nitrogens is 6. The molecule has 0 spiro atoms. The lowest BCUT2D eigenvalue weighted by atomic mass is 9.67. The van der Waals surface area contributed by atoms with E-state index in [0.717, 1.165) is 16.6 Å². The van der Waals surface area contributed by atoms with Gasteiger partial charge in [0.05, 0.1) is 59.2 Å². The standard InChI is InChI=1S/C23H20N8O/c1-30-21(9-16(14-32)28-30)20-10-19-17(3-2-7-26-19)22(27-20)18-4-8-31(29-18)23(5-6-24)11-15(12-23)13-25/h2-4,7-10,15,32H,5,11-12,14H2,1H3/t15-,23-. The minimum atomic E-state index is -0.447. The van der Waals surface area contributed by atoms with Gasteiger partial charge in [-0.3, -0.25) is 14.3 Å². The summed E-state index contributed by atoms with van der Waals surface area (Å²) in [5.41, 5.74) is 3.68. The Morgan fingerprint density at radius 3 is 2.75 bits per heavy atom. The molecule has 0 amide bonds. The number of pyridine rings is 2. The van der Waals surface area contributed by atoms with Gasteiger partial charge in [0.2, 0.25) is 0 Å². The van der Waals surface area contributed by atoms with Crippen molar-refractivity contribution in [3.05, 3.63) is 48.4 Å². The van der Waals surface area contributed by atoms with Crippen molar-refractivity contribution in [2.75, 3.05) is 0 Å². The van der Waals surface area contributed by atoms with Gasteiger partial charge >= 0.3 is 0 Å². The minimum Gasteiger partial charge on any atom is -0.390 e. The Kier molecular flexibility index (Phi) is 4.69. The highest BCUT2D eigenvalue weighted by Crippen LogP contribution is 2.46. The molecule has 32 heavy (non-hydrogen) atoms. The first kappa shape index (κ1) is 19.9. The molecule has 0 bridgehead atoms. The molecule has 1 aliphatic carbocycles. The third kappa shape index (κ3) is 3.11. The van der Waals surface area contributed by atoms with Crippen LogP contribution in [0.5, 0.6) is 0 Å². The predicted octanol–water partition coefficient (Wildman–Crippen LogP) is 2.93. The third-order valence-corrected chi connectivity index (χ3v) is 6.12. The van der Waals surface area contributed by atoms with Crippen LogP contribution in [0.3, 0.4) is 0 Å². The van der Waals surface area contributed by atoms with Gasteiger partial charge in [-0.2, -0.15) is 20.7 Å². The molecule has 4 aromatic rings. The SMILES string of the molecule is Cn1nc(CO)cc1-c1cc2ncccc2c(-c2ccn([C@]3(CC#N)C[C@@H](C#N)C3)n2)n1. The monoisotopic (exact) mass is 424 g/mol. The fourth-order valence-corrected chi connectivity index (χ4v) is 4.47. The molecule has 158 valence electrons. The Hall–Kier alpha value is -4.08. The maximum absolute atomic E-state index is 9.45. The second-order valence-corrected chi connectivity index (χ2v) is 8.17. The molecule has 0 aromatic carbocycles. The Labute approximate surface area is 184 Å². The number of rotatable bonds is 5. The number of aryl methyl sites for hydroxylation is 1. The third-order valence-electron chi connectivity index (χ3n) is 6.12. The number of aliphatic hydroxyl groups is 1. The lowest BCUT2D eigenvalue weighted by molar-refractivity contribution is 0.0884. The summed E-state index contributed by atoms with van der Waals surface area (Å²) in [7, 11) is 1.81. The lowest BCUT2D eigenvalue weighted by Crippen LogP contribution is -2.46. The van der Waals surface area contributed by atoms with Gasteiger partial charge < -0.3 is 5.11 Å². The van der Waals surface area contributed by atoms with Crippen LogP contribution in [0.25, 0.3) is 33.7 Å². The van der Waals surface area contributed by atoms with E-state index in [-0.39, 0.29) is 12.5 Å². The van der Waals surface area contributed by atoms with Gasteiger partial charge in [-0.05, 0) is 43.2 Å². The molecule has 1 fully saturated rings. The quantitative estimate of drug-likeness (QED) is 0.521. The molecule has 9 nitrogen and oxygen atoms in total. The summed E-state index contributed by atoms with van der Waals surface area (Å²) in [5, 5.41) is 38.0. The van der Waals surface area contributed by atoms with E-state index in [4.69, 9.17) is 10.1 Å². The van der Waals surface area contributed by atoms with E-state index >= 15 is 0 Å². The van der Waals surface area contributed by atoms with Gasteiger partial charge in [-0.15, -0.1) is 0 Å². The predicted molar refractivity (Wildman–Crippen MR) is 115 cm³/mol. The number of nitrogens with zero attached hydrogens (tertiary/aromatic N) is 8. The first-order valence-corrected chi connectivity index (χ1v) is 10.3. The highest BCUT2D eigenvalue weighted by Gasteiger charge is 2.46. The van der Waals surface area contributed by atoms with Crippen molar-refractivity contribution < 1.29 is 5.11 Å². The second kappa shape index (κ2) is 7.56. The average molecular weight is 424 g/mol. The van der Waals surface area contributed by atoms with Gasteiger partial charge in [-0.25, -0.2) is 4.98 Å². The summed E-state index contributed by atoms with van der Waals surface area (Å²) in [6.45, 7) is -0.151. The van der Waals surface area contributed by atoms with E-state index in [2.05, 4.69) is 22.2 Å². The number of hydrogen-bond acceptors (Lipinski definition) is 7. The fraction of sp³-hybridized carbons (Fsp3) is 0.304. The van der Waals surface area contributed by atoms with Crippen molar-refractivity contribution >= 4 is 10.9 Å². The lowest BCUT2D eigenvalue weighted by Gasteiger charge is -2.43. The van der Waals surface area contributed by atoms with Gasteiger partial charge in [-0.1, -0.05) is 0 Å². The fourth-order valence-electron chi connectivity index (χ4n) is 4.47. The number of fused-ring (bicyclic) bond motifs is 1. The second-order valence-electron chi connectivity index (χ2n) is 8.17. The molecule has 0 aliphatic heterocycles. The van der Waals surface area contributed by atoms with Crippen LogP contribution in [-0.2, 0) is 19.2 Å². The maximum atomic E-state index is 9.45. The molecule has 4 heterocycles. The molecule has 1 saturated carbocycles. The van der Waals surface area contributed by atoms with Crippen molar-refractivity contribution in [2.45, 2.75) is 31.4 Å². The summed E-state index contributed by atoms with van der Waals surface area (Å²) in [5.74, 6) is -0.0481. The number of nitriles is 2. The average Bonchev–Trinajstić information content (AvgIpc) is 3.42. The zero-order chi connectivity index (χ0) is 22.3. The molecule has 0 radical (unpaired) electrons. The van der Waals surface area contributed by atoms with E-state index in [1.54, 1.807) is 24.0 Å². The van der Waals surface area contributed by atoms with Crippen LogP contribution >= 0.6 is 0 Å². The van der Waals surface area contributed by atoms with Crippen molar-refractivity contribution in [3.63, 3.8) is 0 Å². The van der Waals surface area contributed by atoms with E-state index in [9.17, 15) is 15.6 Å². The minimum absolute atomic E-state index is 0.0481. The zero-order valence-electron chi connectivity index (χ0n) is 17.5. The maximum Gasteiger partial charge on any atom is 0.111 e. The Morgan fingerprint density at radius 2 is 2.03 bits per heavy atom. The summed E-state index contributed by atoms with van der Waals surface area (Å²) in [6.07, 6.45) is 5.14. The van der Waals surface area contributed by atoms with Crippen LogP contribution in [-0.4, -0.2) is 34.6 Å². The molecule has 4 aromatic heterocycles. The summed E-state index contributed by atoms with van der Waals surface area (Å²) >= 11 is 0. The molecular formula is C23H20N8O. The van der Waals surface area contributed by atoms with E-state index in [1.807, 2.05) is 35.1 Å². The zero-order valence-corrected chi connectivity index (χ0v) is 17.5. The van der Waals surface area contributed by atoms with Crippen LogP contribution in [0.1, 0.15) is 25.0 Å². The topological polar surface area (TPSA) is 129 Å². The molecule has 0 unspecified atom stereocenters. The normalized spacial score (nSPS) is 19.9. The van der Waals surface area contributed by atoms with Crippen molar-refractivity contribution in [1.29, 1.82) is 10.5 Å². The molecule has 9 heteroatoms. The smallest absolute Gasteiger partial charge is 0.111 e. The van der Waals surface area contributed by atoms with E-state index in [0.29, 0.717) is 42.0 Å². The molecule has 5 rings (SSSR count). The van der Waals surface area contributed by atoms with E-state index in [1.165, 1.54) is 0 Å². The van der Waals surface area contributed by atoms with Gasteiger partial charge in [0, 0.05) is 24.8 Å². The number of hydrogen-bond donors (Lipinski definition) is 1. The highest BCUT2D eigenvalue weighted by atomic mass is 16.3. The molecular weight excluding hydrogens is 404 g/mol. The van der Waals surface area contributed by atoms with E-state index < -0.39 is 5.54 Å². The van der Waals surface area contributed by atoms with Gasteiger partial charge in [0.15, 0.2) is 0 Å². The van der Waals surface area contributed by atoms with Crippen molar-refractivity contribution in [3.8, 4) is 34.9 Å². The summed E-state index contributed by atoms with van der Waals surface area (Å²) in [6, 6.07) is 13.9. The largest absolute Gasteiger partial charge is 0.390 e. The first-order chi connectivity index (χ1) is 15.6. The van der Waals surface area contributed by atoms with Crippen molar-refractivity contribution in [1.82, 2.24) is 29.5 Å². The Morgan fingerprint density at radius 1 is 1.19 bits per heavy atom. The van der Waals surface area contributed by atoms with Crippen LogP contribution in [0.4, 0.5) is 0 Å². The first-order valence-electron chi connectivity index (χ1n) is 10.3. The van der Waals surface area contributed by atoms with Crippen LogP contribution in [0.2, 0.25) is 0 Å². The van der Waals surface area contributed by atoms with Gasteiger partial charge in [0.25, 0.3) is 0 Å². The van der Waals surface area contributed by atoms with Crippen molar-refractivity contribution in [2.24, 2.45) is 13.0 Å².